The molecule has 0 atom stereocenters. The number of benzene rings is 1. The lowest BCUT2D eigenvalue weighted by atomic mass is 9.95. The predicted octanol–water partition coefficient (Wildman–Crippen LogP) is 2.97. The Morgan fingerprint density at radius 2 is 2.00 bits per heavy atom. The van der Waals surface area contributed by atoms with E-state index in [2.05, 4.69) is 15.9 Å². The highest BCUT2D eigenvalue weighted by molar-refractivity contribution is 9.10. The Labute approximate surface area is 107 Å². The number of hydrogen-bond acceptors (Lipinski definition) is 2. The summed E-state index contributed by atoms with van der Waals surface area (Å²) in [5.41, 5.74) is 4.79. The zero-order valence-electron chi connectivity index (χ0n) is 9.69. The van der Waals surface area contributed by atoms with Gasteiger partial charge in [-0.25, -0.2) is 8.78 Å². The molecular formula is C12H14BrF2NO. The Balaban J connectivity index is 2.89. The zero-order chi connectivity index (χ0) is 13.2. The van der Waals surface area contributed by atoms with Crippen molar-refractivity contribution in [3.8, 4) is 0 Å². The minimum atomic E-state index is -0.729. The second-order valence-corrected chi connectivity index (χ2v) is 5.56. The maximum atomic E-state index is 13.6. The van der Waals surface area contributed by atoms with Gasteiger partial charge < -0.3 is 5.73 Å². The van der Waals surface area contributed by atoms with Gasteiger partial charge in [0.05, 0.1) is 4.47 Å². The first-order valence-corrected chi connectivity index (χ1v) is 5.93. The molecule has 1 rings (SSSR count). The van der Waals surface area contributed by atoms with Gasteiger partial charge in [-0.2, -0.15) is 0 Å². The molecule has 0 fully saturated rings. The van der Waals surface area contributed by atoms with Crippen LogP contribution in [0.2, 0.25) is 0 Å². The van der Waals surface area contributed by atoms with Crippen molar-refractivity contribution in [2.75, 3.05) is 0 Å². The summed E-state index contributed by atoms with van der Waals surface area (Å²) in [5, 5.41) is 0. The molecule has 0 spiro atoms. The fraction of sp³-hybridized carbons (Fsp3) is 0.417. The van der Waals surface area contributed by atoms with E-state index in [1.54, 1.807) is 13.8 Å². The summed E-state index contributed by atoms with van der Waals surface area (Å²) in [7, 11) is 0. The first kappa shape index (κ1) is 14.3. The van der Waals surface area contributed by atoms with Gasteiger partial charge in [-0.15, -0.1) is 0 Å². The molecule has 0 bridgehead atoms. The van der Waals surface area contributed by atoms with E-state index in [4.69, 9.17) is 5.73 Å². The van der Waals surface area contributed by atoms with E-state index >= 15 is 0 Å². The molecule has 0 saturated carbocycles. The molecule has 0 amide bonds. The lowest BCUT2D eigenvalue weighted by Gasteiger charge is -2.17. The monoisotopic (exact) mass is 305 g/mol. The minimum absolute atomic E-state index is 0.0817. The van der Waals surface area contributed by atoms with Crippen LogP contribution in [0.1, 0.15) is 25.8 Å². The van der Waals surface area contributed by atoms with Crippen molar-refractivity contribution >= 4 is 21.7 Å². The molecule has 0 aliphatic carbocycles. The van der Waals surface area contributed by atoms with E-state index in [1.807, 2.05) is 0 Å². The van der Waals surface area contributed by atoms with Gasteiger partial charge in [-0.3, -0.25) is 4.79 Å². The molecule has 2 nitrogen and oxygen atoms in total. The number of Topliss-reactive ketones (excluding diaryl/α,β-unsaturated/α-hetero) is 1. The minimum Gasteiger partial charge on any atom is -0.325 e. The molecular weight excluding hydrogens is 292 g/mol. The summed E-state index contributed by atoms with van der Waals surface area (Å²) in [6.07, 6.45) is -0.198. The van der Waals surface area contributed by atoms with E-state index in [1.165, 1.54) is 6.07 Å². The van der Waals surface area contributed by atoms with Crippen LogP contribution in [0.3, 0.4) is 0 Å². The topological polar surface area (TPSA) is 43.1 Å². The second-order valence-electron chi connectivity index (χ2n) is 4.70. The normalized spacial score (nSPS) is 11.6. The SMILES string of the molecule is CC(C)(N)CC(=O)Cc1c(F)ccc(Br)c1F. The maximum Gasteiger partial charge on any atom is 0.143 e. The van der Waals surface area contributed by atoms with Crippen LogP contribution in [-0.4, -0.2) is 11.3 Å². The summed E-state index contributed by atoms with van der Waals surface area (Å²) < 4.78 is 27.1. The van der Waals surface area contributed by atoms with Gasteiger partial charge in [0.15, 0.2) is 0 Å². The fourth-order valence-corrected chi connectivity index (χ4v) is 1.87. The van der Waals surface area contributed by atoms with E-state index in [-0.39, 0.29) is 28.7 Å². The van der Waals surface area contributed by atoms with Crippen LogP contribution in [0.5, 0.6) is 0 Å². The molecule has 2 N–H and O–H groups in total. The summed E-state index contributed by atoms with van der Waals surface area (Å²) in [6, 6.07) is 2.40. The van der Waals surface area contributed by atoms with Crippen LogP contribution < -0.4 is 5.73 Å². The van der Waals surface area contributed by atoms with Crippen molar-refractivity contribution in [3.05, 3.63) is 33.8 Å². The molecule has 0 saturated heterocycles. The van der Waals surface area contributed by atoms with Crippen LogP contribution >= 0.6 is 15.9 Å². The molecule has 17 heavy (non-hydrogen) atoms. The van der Waals surface area contributed by atoms with Gasteiger partial charge in [-0.05, 0) is 41.9 Å². The lowest BCUT2D eigenvalue weighted by molar-refractivity contribution is -0.119. The van der Waals surface area contributed by atoms with Gasteiger partial charge in [-0.1, -0.05) is 0 Å². The summed E-state index contributed by atoms with van der Waals surface area (Å²) in [4.78, 5) is 11.6. The Bertz CT molecular complexity index is 441. The average molecular weight is 306 g/mol. The van der Waals surface area contributed by atoms with Gasteiger partial charge >= 0.3 is 0 Å². The van der Waals surface area contributed by atoms with Crippen molar-refractivity contribution < 1.29 is 13.6 Å². The Morgan fingerprint density at radius 1 is 1.41 bits per heavy atom. The van der Waals surface area contributed by atoms with Crippen LogP contribution in [0, 0.1) is 11.6 Å². The number of carbonyl (C=O) groups is 1. The highest BCUT2D eigenvalue weighted by Gasteiger charge is 2.20. The van der Waals surface area contributed by atoms with Gasteiger partial charge in [0, 0.05) is 23.9 Å². The molecule has 0 aliphatic heterocycles. The van der Waals surface area contributed by atoms with Crippen molar-refractivity contribution in [1.29, 1.82) is 0 Å². The van der Waals surface area contributed by atoms with E-state index in [0.717, 1.165) is 6.07 Å². The van der Waals surface area contributed by atoms with Crippen molar-refractivity contribution in [3.63, 3.8) is 0 Å². The third-order valence-corrected chi connectivity index (χ3v) is 2.78. The van der Waals surface area contributed by atoms with Gasteiger partial charge in [0.1, 0.15) is 17.4 Å². The number of rotatable bonds is 4. The van der Waals surface area contributed by atoms with E-state index in [9.17, 15) is 13.6 Å². The highest BCUT2D eigenvalue weighted by Crippen LogP contribution is 2.22. The predicted molar refractivity (Wildman–Crippen MR) is 65.7 cm³/mol. The highest BCUT2D eigenvalue weighted by atomic mass is 79.9. The third-order valence-electron chi connectivity index (χ3n) is 2.17. The molecule has 0 unspecified atom stereocenters. The smallest absolute Gasteiger partial charge is 0.143 e. The molecule has 0 radical (unpaired) electrons. The maximum absolute atomic E-state index is 13.6. The Kier molecular flexibility index (Phi) is 4.38. The number of carbonyl (C=O) groups excluding carboxylic acids is 1. The second kappa shape index (κ2) is 5.23. The van der Waals surface area contributed by atoms with Crippen molar-refractivity contribution in [2.24, 2.45) is 5.73 Å². The number of ketones is 1. The first-order chi connectivity index (χ1) is 7.70. The Hall–Kier alpha value is -0.810. The van der Waals surface area contributed by atoms with Crippen LogP contribution in [-0.2, 0) is 11.2 Å². The summed E-state index contributed by atoms with van der Waals surface area (Å²) in [6.45, 7) is 3.39. The third kappa shape index (κ3) is 4.16. The molecule has 1 aromatic rings. The van der Waals surface area contributed by atoms with Crippen molar-refractivity contribution in [2.45, 2.75) is 32.2 Å². The van der Waals surface area contributed by atoms with Crippen LogP contribution in [0.4, 0.5) is 8.78 Å². The fourth-order valence-electron chi connectivity index (χ4n) is 1.50. The molecule has 0 aliphatic rings. The molecule has 1 aromatic carbocycles. The standard InChI is InChI=1S/C12H14BrF2NO/c1-12(2,16)6-7(17)5-8-10(14)4-3-9(13)11(8)15/h3-4H,5-6,16H2,1-2H3. The quantitative estimate of drug-likeness (QED) is 0.869. The van der Waals surface area contributed by atoms with E-state index in [0.29, 0.717) is 0 Å². The van der Waals surface area contributed by atoms with Gasteiger partial charge in [0.25, 0.3) is 0 Å². The first-order valence-electron chi connectivity index (χ1n) is 5.13. The van der Waals surface area contributed by atoms with Crippen molar-refractivity contribution in [1.82, 2.24) is 0 Å². The molecule has 94 valence electrons. The molecule has 0 aromatic heterocycles. The largest absolute Gasteiger partial charge is 0.325 e. The van der Waals surface area contributed by atoms with Crippen LogP contribution in [0.15, 0.2) is 16.6 Å². The summed E-state index contributed by atoms with van der Waals surface area (Å²) in [5.74, 6) is -1.73. The molecule has 0 heterocycles. The number of halogens is 3. The average Bonchev–Trinajstić information content (AvgIpc) is 2.16. The Morgan fingerprint density at radius 3 is 2.53 bits per heavy atom. The number of nitrogens with two attached hydrogens (primary N) is 1. The van der Waals surface area contributed by atoms with E-state index < -0.39 is 17.2 Å². The number of hydrogen-bond donors (Lipinski definition) is 1. The molecule has 5 heteroatoms. The van der Waals surface area contributed by atoms with Gasteiger partial charge in [0.2, 0.25) is 0 Å². The van der Waals surface area contributed by atoms with Crippen LogP contribution in [0.25, 0.3) is 0 Å². The summed E-state index contributed by atoms with van der Waals surface area (Å²) >= 11 is 2.95. The lowest BCUT2D eigenvalue weighted by Crippen LogP contribution is -2.35. The zero-order valence-corrected chi connectivity index (χ0v) is 11.3.